The molecule has 0 spiro atoms. The van der Waals surface area contributed by atoms with Crippen LogP contribution >= 0.6 is 0 Å². The lowest BCUT2D eigenvalue weighted by atomic mass is 9.63. The van der Waals surface area contributed by atoms with Crippen LogP contribution in [0, 0.1) is 17.8 Å². The quantitative estimate of drug-likeness (QED) is 0.348. The highest BCUT2D eigenvalue weighted by Crippen LogP contribution is 2.49. The number of likely N-dealkylation sites (N-methyl/N-ethyl adjacent to an activating group) is 2. The first kappa shape index (κ1) is 33.1. The fourth-order valence-corrected chi connectivity index (χ4v) is 9.72. The van der Waals surface area contributed by atoms with Crippen LogP contribution in [0.2, 0.25) is 0 Å². The number of carbonyl (C=O) groups is 4. The van der Waals surface area contributed by atoms with Crippen LogP contribution in [-0.4, -0.2) is 164 Å². The minimum Gasteiger partial charge on any atom is -0.369 e. The fraction of sp³-hybridized carbons (Fsp3) is 0.676. The minimum atomic E-state index is -1.34. The van der Waals surface area contributed by atoms with Gasteiger partial charge in [0.1, 0.15) is 6.17 Å². The van der Waals surface area contributed by atoms with Crippen molar-refractivity contribution in [3.8, 4) is 0 Å². The second-order valence-electron chi connectivity index (χ2n) is 15.4. The molecule has 1 aromatic carbocycles. The third-order valence-corrected chi connectivity index (χ3v) is 12.6. The van der Waals surface area contributed by atoms with Crippen molar-refractivity contribution < 1.29 is 28.3 Å². The fourth-order valence-electron chi connectivity index (χ4n) is 9.72. The molecule has 5 fully saturated rings. The summed E-state index contributed by atoms with van der Waals surface area (Å²) >= 11 is 0. The Kier molecular flexibility index (Phi) is 8.97. The number of amides is 1. The summed E-state index contributed by atoms with van der Waals surface area (Å²) in [5.41, 5.74) is 1.04. The number of fused-ring (bicyclic) bond motifs is 4. The summed E-state index contributed by atoms with van der Waals surface area (Å²) in [4.78, 5) is 66.5. The zero-order valence-electron chi connectivity index (χ0n) is 28.6. The van der Waals surface area contributed by atoms with Crippen LogP contribution in [0.5, 0.6) is 0 Å². The topological polar surface area (TPSA) is 106 Å². The van der Waals surface area contributed by atoms with Crippen LogP contribution in [0.4, 0.5) is 4.39 Å². The third-order valence-electron chi connectivity index (χ3n) is 12.6. The molecule has 264 valence electrons. The van der Waals surface area contributed by atoms with Gasteiger partial charge in [0.05, 0.1) is 35.9 Å². The maximum absolute atomic E-state index is 16.4. The minimum absolute atomic E-state index is 0.0115. The maximum atomic E-state index is 16.4. The maximum Gasteiger partial charge on any atom is 0.259 e. The molecule has 1 N–H and O–H groups in total. The lowest BCUT2D eigenvalue weighted by Gasteiger charge is -2.60. The Morgan fingerprint density at radius 2 is 1.47 bits per heavy atom. The first-order valence-corrected chi connectivity index (χ1v) is 18.3. The third kappa shape index (κ3) is 5.87. The molecule has 1 aromatic rings. The highest BCUT2D eigenvalue weighted by atomic mass is 19.1. The number of ketones is 3. The molecule has 0 aromatic heterocycles. The summed E-state index contributed by atoms with van der Waals surface area (Å²) in [6, 6.07) is 5.63. The van der Waals surface area contributed by atoms with Gasteiger partial charge in [0, 0.05) is 87.4 Å². The number of nitrogens with zero attached hydrogens (tertiary/aromatic N) is 5. The number of carbonyl (C=O) groups excluding carboxylic acids is 4. The molecule has 9 unspecified atom stereocenters. The Bertz CT molecular complexity index is 1520. The highest BCUT2D eigenvalue weighted by Gasteiger charge is 2.61. The number of nitrogens with one attached hydrogen (secondary N) is 1. The molecule has 3 aliphatic carbocycles. The van der Waals surface area contributed by atoms with Gasteiger partial charge in [0.2, 0.25) is 0 Å². The molecule has 3 saturated heterocycles. The van der Waals surface area contributed by atoms with Gasteiger partial charge in [-0.05, 0) is 52.9 Å². The van der Waals surface area contributed by atoms with E-state index < -0.39 is 48.2 Å². The molecular weight excluding hydrogens is 627 g/mol. The van der Waals surface area contributed by atoms with E-state index in [-0.39, 0.29) is 41.3 Å². The second kappa shape index (κ2) is 13.3. The molecule has 11 nitrogen and oxygen atoms in total. The number of piperazine rings is 2. The predicted molar refractivity (Wildman–Crippen MR) is 180 cm³/mol. The van der Waals surface area contributed by atoms with Crippen molar-refractivity contribution in [1.82, 2.24) is 29.8 Å². The van der Waals surface area contributed by atoms with Gasteiger partial charge in [-0.2, -0.15) is 0 Å². The standard InChI is InChI=1S/C37H49FN6O5/c1-40-10-14-42(15-11-40)9-5-8-39-31-28(38)18-26-32-36(31)49-30-20-25-24(33(45)22-6-3-4-7-23(22)34(25)46)19-29(30)44(32)21-27(35(26)47)37(48)43-16-12-41(2)13-17-43/h3-4,6-7,21,24-26,28-32,36,39H,5,8-20H2,1-2H3. The monoisotopic (exact) mass is 676 g/mol. The first-order valence-electron chi connectivity index (χ1n) is 18.3. The van der Waals surface area contributed by atoms with E-state index in [1.165, 1.54) is 0 Å². The van der Waals surface area contributed by atoms with Gasteiger partial charge in [-0.15, -0.1) is 0 Å². The summed E-state index contributed by atoms with van der Waals surface area (Å²) in [6.07, 6.45) is 0.901. The summed E-state index contributed by atoms with van der Waals surface area (Å²) in [6.45, 7) is 8.18. The molecule has 1 amide bonds. The molecule has 4 aliphatic heterocycles. The molecule has 7 aliphatic rings. The van der Waals surface area contributed by atoms with Crippen LogP contribution < -0.4 is 5.32 Å². The van der Waals surface area contributed by atoms with E-state index in [0.29, 0.717) is 43.6 Å². The predicted octanol–water partition coefficient (Wildman–Crippen LogP) is 1.09. The molecule has 0 radical (unpaired) electrons. The zero-order valence-corrected chi connectivity index (χ0v) is 28.6. The van der Waals surface area contributed by atoms with Crippen molar-refractivity contribution >= 4 is 23.3 Å². The number of halogens is 1. The second-order valence-corrected chi connectivity index (χ2v) is 15.4. The number of Topliss-reactive ketones (excluding diaryl/α,β-unsaturated/α-hetero) is 3. The van der Waals surface area contributed by atoms with E-state index in [4.69, 9.17) is 4.74 Å². The van der Waals surface area contributed by atoms with Gasteiger partial charge < -0.3 is 34.6 Å². The van der Waals surface area contributed by atoms with Crippen molar-refractivity contribution in [1.29, 1.82) is 0 Å². The Balaban J connectivity index is 1.08. The molecule has 2 saturated carbocycles. The lowest BCUT2D eigenvalue weighted by molar-refractivity contribution is -0.203. The number of alkyl halides is 1. The first-order chi connectivity index (χ1) is 23.7. The molecule has 12 heteroatoms. The summed E-state index contributed by atoms with van der Waals surface area (Å²) in [5, 5.41) is 3.50. The van der Waals surface area contributed by atoms with Crippen molar-refractivity contribution in [3.63, 3.8) is 0 Å². The Hall–Kier alpha value is -3.03. The average Bonchev–Trinajstić information content (AvgIpc) is 3.11. The summed E-state index contributed by atoms with van der Waals surface area (Å²) in [5.74, 6) is -2.44. The number of benzene rings is 1. The number of rotatable bonds is 6. The summed E-state index contributed by atoms with van der Waals surface area (Å²) in [7, 11) is 4.15. The smallest absolute Gasteiger partial charge is 0.259 e. The van der Waals surface area contributed by atoms with Crippen molar-refractivity contribution in [2.24, 2.45) is 17.8 Å². The van der Waals surface area contributed by atoms with Crippen LogP contribution in [0.1, 0.15) is 46.4 Å². The van der Waals surface area contributed by atoms with Crippen LogP contribution in [0.15, 0.2) is 36.0 Å². The SMILES string of the molecule is CN1CCN(CCCNC2C(F)CC3C(=O)C(C(=O)N4CCN(C)CC4)=CN4C5CC6C(=O)c7ccccc7C(=O)C6CC5OC2C34)CC1. The molecule has 49 heavy (non-hydrogen) atoms. The van der Waals surface area contributed by atoms with Crippen molar-refractivity contribution in [2.75, 3.05) is 79.5 Å². The average molecular weight is 677 g/mol. The highest BCUT2D eigenvalue weighted by molar-refractivity contribution is 6.20. The van der Waals surface area contributed by atoms with Gasteiger partial charge in [-0.1, -0.05) is 24.3 Å². The van der Waals surface area contributed by atoms with E-state index in [2.05, 4.69) is 32.0 Å². The van der Waals surface area contributed by atoms with E-state index >= 15 is 4.39 Å². The molecule has 9 atom stereocenters. The van der Waals surface area contributed by atoms with Crippen molar-refractivity contribution in [2.45, 2.75) is 62.2 Å². The molecule has 4 heterocycles. The van der Waals surface area contributed by atoms with E-state index in [1.807, 2.05) is 7.05 Å². The Labute approximate surface area is 287 Å². The van der Waals surface area contributed by atoms with Gasteiger partial charge in [-0.25, -0.2) is 4.39 Å². The van der Waals surface area contributed by atoms with Crippen molar-refractivity contribution in [3.05, 3.63) is 47.2 Å². The lowest BCUT2D eigenvalue weighted by Crippen LogP contribution is -2.73. The molecule has 0 bridgehead atoms. The van der Waals surface area contributed by atoms with E-state index in [0.717, 1.165) is 52.2 Å². The van der Waals surface area contributed by atoms with Gasteiger partial charge >= 0.3 is 0 Å². The largest absolute Gasteiger partial charge is 0.369 e. The Morgan fingerprint density at radius 3 is 2.14 bits per heavy atom. The zero-order chi connectivity index (χ0) is 34.0. The molecule has 8 rings (SSSR count). The number of hydrogen-bond donors (Lipinski definition) is 1. The number of ether oxygens (including phenoxy) is 1. The van der Waals surface area contributed by atoms with Crippen LogP contribution in [0.25, 0.3) is 0 Å². The molecular formula is C37H49FN6O5. The number of morpholine rings is 1. The Morgan fingerprint density at radius 1 is 0.837 bits per heavy atom. The van der Waals surface area contributed by atoms with Crippen LogP contribution in [0.3, 0.4) is 0 Å². The summed E-state index contributed by atoms with van der Waals surface area (Å²) < 4.78 is 23.2. The van der Waals surface area contributed by atoms with E-state index in [9.17, 15) is 19.2 Å². The van der Waals surface area contributed by atoms with E-state index in [1.54, 1.807) is 35.4 Å². The van der Waals surface area contributed by atoms with Gasteiger partial charge in [-0.3, -0.25) is 19.2 Å². The van der Waals surface area contributed by atoms with Gasteiger partial charge in [0.15, 0.2) is 17.3 Å². The number of hydrogen-bond acceptors (Lipinski definition) is 10. The van der Waals surface area contributed by atoms with Crippen LogP contribution in [-0.2, 0) is 14.3 Å². The van der Waals surface area contributed by atoms with Gasteiger partial charge in [0.25, 0.3) is 5.91 Å². The normalized spacial score (nSPS) is 36.8.